The first-order chi connectivity index (χ1) is 12.1. The van der Waals surface area contributed by atoms with Gasteiger partial charge in [-0.15, -0.1) is 5.10 Å². The average molecular weight is 341 g/mol. The fourth-order valence-electron chi connectivity index (χ4n) is 2.99. The van der Waals surface area contributed by atoms with E-state index < -0.39 is 0 Å². The summed E-state index contributed by atoms with van der Waals surface area (Å²) >= 11 is 0. The van der Waals surface area contributed by atoms with Gasteiger partial charge in [0.1, 0.15) is 11.6 Å². The molecule has 128 valence electrons. The molecular weight excluding hydrogens is 325 g/mol. The number of halogens is 1. The smallest absolute Gasteiger partial charge is 0.273 e. The van der Waals surface area contributed by atoms with Crippen molar-refractivity contribution in [1.29, 1.82) is 0 Å². The summed E-state index contributed by atoms with van der Waals surface area (Å²) in [5.74, 6) is -0.0780. The van der Waals surface area contributed by atoms with Gasteiger partial charge in [0.05, 0.1) is 12.7 Å². The molecule has 2 N–H and O–H groups in total. The van der Waals surface area contributed by atoms with Crippen LogP contribution in [0.5, 0.6) is 0 Å². The van der Waals surface area contributed by atoms with Gasteiger partial charge in [0.2, 0.25) is 0 Å². The molecule has 0 radical (unpaired) electrons. The largest absolute Gasteiger partial charge is 0.357 e. The highest BCUT2D eigenvalue weighted by atomic mass is 19.1. The summed E-state index contributed by atoms with van der Waals surface area (Å²) in [7, 11) is 0. The number of aromatic amines is 1. The van der Waals surface area contributed by atoms with Crippen LogP contribution in [-0.4, -0.2) is 31.7 Å². The van der Waals surface area contributed by atoms with Crippen LogP contribution in [0.25, 0.3) is 10.9 Å². The van der Waals surface area contributed by atoms with Crippen LogP contribution >= 0.6 is 0 Å². The standard InChI is InChI=1S/C17H16FN5O2/c18-12-1-2-15-11(5-12)6-13(20-15)7-19-17(25)16-9-23(22-21-16)8-10-3-14(24)4-10/h1-2,5-6,9-10,20H,3-4,7-8H2,(H,19,25). The molecule has 1 fully saturated rings. The number of nitrogens with zero attached hydrogens (tertiary/aromatic N) is 3. The minimum atomic E-state index is -0.333. The normalized spacial score (nSPS) is 14.7. The molecule has 0 atom stereocenters. The lowest BCUT2D eigenvalue weighted by Crippen LogP contribution is -2.27. The summed E-state index contributed by atoms with van der Waals surface area (Å²) in [6.45, 7) is 0.874. The van der Waals surface area contributed by atoms with Crippen LogP contribution in [0.2, 0.25) is 0 Å². The molecule has 8 heteroatoms. The Morgan fingerprint density at radius 3 is 3.00 bits per heavy atom. The second-order valence-corrected chi connectivity index (χ2v) is 6.35. The van der Waals surface area contributed by atoms with Gasteiger partial charge in [-0.05, 0) is 30.2 Å². The lowest BCUT2D eigenvalue weighted by molar-refractivity contribution is -0.127. The highest BCUT2D eigenvalue weighted by molar-refractivity contribution is 5.92. The molecule has 0 spiro atoms. The molecule has 1 aliphatic carbocycles. The van der Waals surface area contributed by atoms with Crippen LogP contribution in [-0.2, 0) is 17.9 Å². The van der Waals surface area contributed by atoms with E-state index in [-0.39, 0.29) is 35.7 Å². The van der Waals surface area contributed by atoms with Crippen LogP contribution in [0.3, 0.4) is 0 Å². The number of amides is 1. The van der Waals surface area contributed by atoms with Crippen molar-refractivity contribution >= 4 is 22.6 Å². The Balaban J connectivity index is 1.36. The molecular formula is C17H16FN5O2. The first-order valence-corrected chi connectivity index (χ1v) is 8.04. The molecule has 0 bridgehead atoms. The molecule has 3 aromatic rings. The minimum absolute atomic E-state index is 0.229. The van der Waals surface area contributed by atoms with E-state index in [1.165, 1.54) is 12.1 Å². The van der Waals surface area contributed by atoms with Gasteiger partial charge in [-0.3, -0.25) is 14.3 Å². The number of ketones is 1. The zero-order valence-electron chi connectivity index (χ0n) is 13.3. The van der Waals surface area contributed by atoms with Crippen molar-refractivity contribution < 1.29 is 14.0 Å². The molecule has 0 unspecified atom stereocenters. The molecule has 0 aliphatic heterocycles. The summed E-state index contributed by atoms with van der Waals surface area (Å²) in [4.78, 5) is 26.3. The quantitative estimate of drug-likeness (QED) is 0.740. The number of hydrogen-bond donors (Lipinski definition) is 2. The van der Waals surface area contributed by atoms with Crippen molar-refractivity contribution in [3.8, 4) is 0 Å². The molecule has 1 saturated carbocycles. The first-order valence-electron chi connectivity index (χ1n) is 8.04. The molecule has 2 heterocycles. The summed E-state index contributed by atoms with van der Waals surface area (Å²) < 4.78 is 14.8. The Bertz CT molecular complexity index is 953. The van der Waals surface area contributed by atoms with Gasteiger partial charge in [0.15, 0.2) is 5.69 Å². The highest BCUT2D eigenvalue weighted by Crippen LogP contribution is 2.24. The number of aromatic nitrogens is 4. The third kappa shape index (κ3) is 3.28. The zero-order valence-corrected chi connectivity index (χ0v) is 13.3. The summed E-state index contributed by atoms with van der Waals surface area (Å²) in [6.07, 6.45) is 2.73. The van der Waals surface area contributed by atoms with Crippen LogP contribution in [0.4, 0.5) is 4.39 Å². The predicted octanol–water partition coefficient (Wildman–Crippen LogP) is 1.81. The van der Waals surface area contributed by atoms with Crippen molar-refractivity contribution in [3.63, 3.8) is 0 Å². The third-order valence-corrected chi connectivity index (χ3v) is 4.33. The summed E-state index contributed by atoms with van der Waals surface area (Å²) in [5.41, 5.74) is 1.81. The molecule has 1 aliphatic rings. The van der Waals surface area contributed by atoms with Gasteiger partial charge in [-0.1, -0.05) is 5.21 Å². The highest BCUT2D eigenvalue weighted by Gasteiger charge is 2.27. The number of benzene rings is 1. The van der Waals surface area contributed by atoms with Gasteiger partial charge < -0.3 is 10.3 Å². The molecule has 2 aromatic heterocycles. The van der Waals surface area contributed by atoms with Crippen molar-refractivity contribution in [3.05, 3.63) is 47.7 Å². The molecule has 1 aromatic carbocycles. The van der Waals surface area contributed by atoms with E-state index in [2.05, 4.69) is 20.6 Å². The average Bonchev–Trinajstić information content (AvgIpc) is 3.17. The van der Waals surface area contributed by atoms with E-state index in [1.54, 1.807) is 23.0 Å². The predicted molar refractivity (Wildman–Crippen MR) is 87.2 cm³/mol. The van der Waals surface area contributed by atoms with E-state index in [1.807, 2.05) is 0 Å². The molecule has 25 heavy (non-hydrogen) atoms. The number of carbonyl (C=O) groups is 2. The lowest BCUT2D eigenvalue weighted by Gasteiger charge is -2.23. The number of carbonyl (C=O) groups excluding carboxylic acids is 2. The number of H-pyrrole nitrogens is 1. The van der Waals surface area contributed by atoms with Crippen LogP contribution in [0.15, 0.2) is 30.5 Å². The Morgan fingerprint density at radius 1 is 1.36 bits per heavy atom. The Labute approximate surface area is 142 Å². The number of fused-ring (bicyclic) bond motifs is 1. The van der Waals surface area contributed by atoms with Gasteiger partial charge in [0.25, 0.3) is 5.91 Å². The third-order valence-electron chi connectivity index (χ3n) is 4.33. The Morgan fingerprint density at radius 2 is 2.20 bits per heavy atom. The maximum atomic E-state index is 13.2. The maximum absolute atomic E-state index is 13.2. The van der Waals surface area contributed by atoms with E-state index in [0.717, 1.165) is 16.6 Å². The van der Waals surface area contributed by atoms with E-state index in [0.29, 0.717) is 19.4 Å². The van der Waals surface area contributed by atoms with Crippen LogP contribution in [0.1, 0.15) is 29.0 Å². The Hall–Kier alpha value is -3.03. The number of hydrogen-bond acceptors (Lipinski definition) is 4. The topological polar surface area (TPSA) is 92.7 Å². The second-order valence-electron chi connectivity index (χ2n) is 6.35. The lowest BCUT2D eigenvalue weighted by atomic mass is 9.84. The SMILES string of the molecule is O=C1CC(Cn2cc(C(=O)NCc3cc4cc(F)ccc4[nH]3)nn2)C1. The Kier molecular flexibility index (Phi) is 3.79. The van der Waals surface area contributed by atoms with Gasteiger partial charge in [-0.2, -0.15) is 0 Å². The molecule has 1 amide bonds. The van der Waals surface area contributed by atoms with Gasteiger partial charge in [0, 0.05) is 36.0 Å². The molecule has 0 saturated heterocycles. The zero-order chi connectivity index (χ0) is 17.4. The summed E-state index contributed by atoms with van der Waals surface area (Å²) in [5, 5.41) is 11.3. The minimum Gasteiger partial charge on any atom is -0.357 e. The van der Waals surface area contributed by atoms with Gasteiger partial charge >= 0.3 is 0 Å². The fraction of sp³-hybridized carbons (Fsp3) is 0.294. The van der Waals surface area contributed by atoms with Crippen molar-refractivity contribution in [1.82, 2.24) is 25.3 Å². The van der Waals surface area contributed by atoms with Crippen molar-refractivity contribution in [2.45, 2.75) is 25.9 Å². The second kappa shape index (κ2) is 6.12. The van der Waals surface area contributed by atoms with Gasteiger partial charge in [-0.25, -0.2) is 4.39 Å². The fourth-order valence-corrected chi connectivity index (χ4v) is 2.99. The summed E-state index contributed by atoms with van der Waals surface area (Å²) in [6, 6.07) is 6.28. The molecule has 7 nitrogen and oxygen atoms in total. The first kappa shape index (κ1) is 15.5. The van der Waals surface area contributed by atoms with Crippen LogP contribution < -0.4 is 5.32 Å². The number of rotatable bonds is 5. The van der Waals surface area contributed by atoms with E-state index >= 15 is 0 Å². The number of nitrogens with one attached hydrogen (secondary N) is 2. The van der Waals surface area contributed by atoms with E-state index in [9.17, 15) is 14.0 Å². The molecule has 4 rings (SSSR count). The monoisotopic (exact) mass is 341 g/mol. The van der Waals surface area contributed by atoms with Crippen molar-refractivity contribution in [2.75, 3.05) is 0 Å². The van der Waals surface area contributed by atoms with Crippen LogP contribution in [0, 0.1) is 11.7 Å². The number of Topliss-reactive ketones (excluding diaryl/α,β-unsaturated/α-hetero) is 1. The maximum Gasteiger partial charge on any atom is 0.273 e. The van der Waals surface area contributed by atoms with Crippen molar-refractivity contribution in [2.24, 2.45) is 5.92 Å². The van der Waals surface area contributed by atoms with E-state index in [4.69, 9.17) is 0 Å².